The summed E-state index contributed by atoms with van der Waals surface area (Å²) in [4.78, 5) is 22.3. The SMILES string of the molecule is CCC(CNC(=O)NC(C)c1cn[nH]c1)CC(=O)O. The molecule has 4 N–H and O–H groups in total. The van der Waals surface area contributed by atoms with Crippen LogP contribution in [0, 0.1) is 5.92 Å². The van der Waals surface area contributed by atoms with Crippen LogP contribution in [0.3, 0.4) is 0 Å². The lowest BCUT2D eigenvalue weighted by Crippen LogP contribution is -2.39. The number of hydrogen-bond donors (Lipinski definition) is 4. The first-order valence-electron chi connectivity index (χ1n) is 6.27. The summed E-state index contributed by atoms with van der Waals surface area (Å²) < 4.78 is 0. The lowest BCUT2D eigenvalue weighted by molar-refractivity contribution is -0.138. The molecule has 7 heteroatoms. The second-order valence-corrected chi connectivity index (χ2v) is 4.48. The topological polar surface area (TPSA) is 107 Å². The predicted octanol–water partition coefficient (Wildman–Crippen LogP) is 1.27. The Kier molecular flexibility index (Phi) is 5.84. The van der Waals surface area contributed by atoms with Gasteiger partial charge in [0.05, 0.1) is 12.2 Å². The third-order valence-electron chi connectivity index (χ3n) is 2.96. The summed E-state index contributed by atoms with van der Waals surface area (Å²) in [6, 6.07) is -0.462. The van der Waals surface area contributed by atoms with Gasteiger partial charge in [0.2, 0.25) is 0 Å². The standard InChI is InChI=1S/C12H20N4O3/c1-3-9(4-11(17)18)5-13-12(19)16-8(2)10-6-14-15-7-10/h6-9H,3-5H2,1-2H3,(H,14,15)(H,17,18)(H2,13,16,19). The quantitative estimate of drug-likeness (QED) is 0.597. The van der Waals surface area contributed by atoms with Crippen molar-refractivity contribution in [3.63, 3.8) is 0 Å². The van der Waals surface area contributed by atoms with Crippen LogP contribution in [0.15, 0.2) is 12.4 Å². The lowest BCUT2D eigenvalue weighted by Gasteiger charge is -2.16. The van der Waals surface area contributed by atoms with E-state index in [0.29, 0.717) is 13.0 Å². The molecule has 1 aromatic rings. The van der Waals surface area contributed by atoms with Crippen molar-refractivity contribution in [1.82, 2.24) is 20.8 Å². The third-order valence-corrected chi connectivity index (χ3v) is 2.96. The number of rotatable bonds is 7. The lowest BCUT2D eigenvalue weighted by atomic mass is 10.0. The van der Waals surface area contributed by atoms with Gasteiger partial charge in [0.25, 0.3) is 0 Å². The highest BCUT2D eigenvalue weighted by molar-refractivity contribution is 5.74. The smallest absolute Gasteiger partial charge is 0.315 e. The molecule has 7 nitrogen and oxygen atoms in total. The fourth-order valence-corrected chi connectivity index (χ4v) is 1.67. The Morgan fingerprint density at radius 1 is 1.53 bits per heavy atom. The number of urea groups is 1. The van der Waals surface area contributed by atoms with Gasteiger partial charge in [-0.1, -0.05) is 13.3 Å². The van der Waals surface area contributed by atoms with Crippen molar-refractivity contribution in [2.75, 3.05) is 6.54 Å². The van der Waals surface area contributed by atoms with E-state index >= 15 is 0 Å². The van der Waals surface area contributed by atoms with E-state index in [1.54, 1.807) is 12.4 Å². The Bertz CT molecular complexity index is 405. The van der Waals surface area contributed by atoms with Gasteiger partial charge in [0.1, 0.15) is 0 Å². The van der Waals surface area contributed by atoms with Gasteiger partial charge in [-0.05, 0) is 12.8 Å². The number of nitrogens with zero attached hydrogens (tertiary/aromatic N) is 1. The van der Waals surface area contributed by atoms with Crippen LogP contribution in [0.1, 0.15) is 38.3 Å². The second-order valence-electron chi connectivity index (χ2n) is 4.48. The van der Waals surface area contributed by atoms with E-state index in [2.05, 4.69) is 20.8 Å². The summed E-state index contributed by atoms with van der Waals surface area (Å²) >= 11 is 0. The van der Waals surface area contributed by atoms with E-state index < -0.39 is 5.97 Å². The van der Waals surface area contributed by atoms with Crippen molar-refractivity contribution in [3.05, 3.63) is 18.0 Å². The normalized spacial score (nSPS) is 13.6. The molecular formula is C12H20N4O3. The first-order valence-corrected chi connectivity index (χ1v) is 6.27. The summed E-state index contributed by atoms with van der Waals surface area (Å²) in [5.74, 6) is -0.895. The van der Waals surface area contributed by atoms with Gasteiger partial charge < -0.3 is 15.7 Å². The maximum absolute atomic E-state index is 11.7. The van der Waals surface area contributed by atoms with E-state index in [1.165, 1.54) is 0 Å². The van der Waals surface area contributed by atoms with Crippen molar-refractivity contribution >= 4 is 12.0 Å². The molecule has 1 aromatic heterocycles. The van der Waals surface area contributed by atoms with Gasteiger partial charge in [-0.2, -0.15) is 5.10 Å². The average Bonchev–Trinajstić information content (AvgIpc) is 2.87. The fourth-order valence-electron chi connectivity index (χ4n) is 1.67. The van der Waals surface area contributed by atoms with Crippen LogP contribution in [0.2, 0.25) is 0 Å². The number of hydrogen-bond acceptors (Lipinski definition) is 3. The molecule has 0 fully saturated rings. The van der Waals surface area contributed by atoms with E-state index in [-0.39, 0.29) is 24.4 Å². The van der Waals surface area contributed by atoms with Gasteiger partial charge in [-0.15, -0.1) is 0 Å². The Balaban J connectivity index is 2.32. The van der Waals surface area contributed by atoms with Gasteiger partial charge in [-0.25, -0.2) is 4.79 Å². The highest BCUT2D eigenvalue weighted by atomic mass is 16.4. The molecule has 0 aliphatic carbocycles. The Morgan fingerprint density at radius 3 is 2.79 bits per heavy atom. The summed E-state index contributed by atoms with van der Waals surface area (Å²) in [5, 5.41) is 20.6. The van der Waals surface area contributed by atoms with Crippen LogP contribution in [0.5, 0.6) is 0 Å². The molecule has 0 aromatic carbocycles. The highest BCUT2D eigenvalue weighted by Gasteiger charge is 2.14. The van der Waals surface area contributed by atoms with Gasteiger partial charge in [0, 0.05) is 24.7 Å². The summed E-state index contributed by atoms with van der Waals surface area (Å²) in [6.45, 7) is 4.10. The number of H-pyrrole nitrogens is 1. The highest BCUT2D eigenvalue weighted by Crippen LogP contribution is 2.09. The first kappa shape index (κ1) is 15.0. The minimum absolute atomic E-state index is 0.0486. The minimum Gasteiger partial charge on any atom is -0.481 e. The molecule has 2 atom stereocenters. The summed E-state index contributed by atoms with van der Waals surface area (Å²) in [6.07, 6.45) is 4.13. The fraction of sp³-hybridized carbons (Fsp3) is 0.583. The maximum Gasteiger partial charge on any atom is 0.315 e. The number of carbonyl (C=O) groups excluding carboxylic acids is 1. The number of amides is 2. The van der Waals surface area contributed by atoms with Crippen molar-refractivity contribution in [2.45, 2.75) is 32.7 Å². The molecule has 2 unspecified atom stereocenters. The molecule has 106 valence electrons. The largest absolute Gasteiger partial charge is 0.481 e. The number of carboxylic acid groups (broad SMARTS) is 1. The zero-order valence-corrected chi connectivity index (χ0v) is 11.1. The van der Waals surface area contributed by atoms with E-state index in [0.717, 1.165) is 5.56 Å². The Labute approximate surface area is 111 Å². The monoisotopic (exact) mass is 268 g/mol. The molecule has 0 saturated carbocycles. The predicted molar refractivity (Wildman–Crippen MR) is 69.6 cm³/mol. The summed E-state index contributed by atoms with van der Waals surface area (Å²) in [7, 11) is 0. The van der Waals surface area contributed by atoms with Crippen LogP contribution >= 0.6 is 0 Å². The molecule has 1 heterocycles. The van der Waals surface area contributed by atoms with E-state index in [4.69, 9.17) is 5.11 Å². The van der Waals surface area contributed by atoms with Crippen LogP contribution in [-0.4, -0.2) is 33.8 Å². The number of aromatic nitrogens is 2. The summed E-state index contributed by atoms with van der Waals surface area (Å²) in [5.41, 5.74) is 0.882. The van der Waals surface area contributed by atoms with Crippen LogP contribution in [0.4, 0.5) is 4.79 Å². The Morgan fingerprint density at radius 2 is 2.26 bits per heavy atom. The van der Waals surface area contributed by atoms with Gasteiger partial charge in [0.15, 0.2) is 0 Å². The minimum atomic E-state index is -0.846. The maximum atomic E-state index is 11.7. The van der Waals surface area contributed by atoms with Gasteiger partial charge >= 0.3 is 12.0 Å². The van der Waals surface area contributed by atoms with Crippen molar-refractivity contribution < 1.29 is 14.7 Å². The molecular weight excluding hydrogens is 248 g/mol. The molecule has 0 aliphatic rings. The Hall–Kier alpha value is -2.05. The molecule has 0 saturated heterocycles. The zero-order chi connectivity index (χ0) is 14.3. The molecule has 0 spiro atoms. The van der Waals surface area contributed by atoms with Crippen LogP contribution in [-0.2, 0) is 4.79 Å². The van der Waals surface area contributed by atoms with Crippen LogP contribution < -0.4 is 10.6 Å². The number of carbonyl (C=O) groups is 2. The first-order chi connectivity index (χ1) is 9.02. The zero-order valence-electron chi connectivity index (χ0n) is 11.1. The van der Waals surface area contributed by atoms with Crippen molar-refractivity contribution in [1.29, 1.82) is 0 Å². The van der Waals surface area contributed by atoms with Gasteiger partial charge in [-0.3, -0.25) is 9.89 Å². The second kappa shape index (κ2) is 7.40. The molecule has 2 amide bonds. The number of aliphatic carboxylic acids is 1. The number of nitrogens with one attached hydrogen (secondary N) is 3. The molecule has 19 heavy (non-hydrogen) atoms. The van der Waals surface area contributed by atoms with E-state index in [1.807, 2.05) is 13.8 Å². The third kappa shape index (κ3) is 5.41. The average molecular weight is 268 g/mol. The number of aromatic amines is 1. The van der Waals surface area contributed by atoms with Crippen molar-refractivity contribution in [3.8, 4) is 0 Å². The van der Waals surface area contributed by atoms with Crippen LogP contribution in [0.25, 0.3) is 0 Å². The van der Waals surface area contributed by atoms with Crippen molar-refractivity contribution in [2.24, 2.45) is 5.92 Å². The molecule has 0 aliphatic heterocycles. The molecule has 0 radical (unpaired) electrons. The number of carboxylic acids is 1. The molecule has 0 bridgehead atoms. The molecule has 1 rings (SSSR count). The van der Waals surface area contributed by atoms with E-state index in [9.17, 15) is 9.59 Å².